The van der Waals surface area contributed by atoms with E-state index in [0.29, 0.717) is 16.0 Å². The number of rotatable bonds is 5. The first-order valence-corrected chi connectivity index (χ1v) is 8.74. The Morgan fingerprint density at radius 3 is 2.40 bits per heavy atom. The smallest absolute Gasteiger partial charge is 0.228 e. The van der Waals surface area contributed by atoms with Gasteiger partial charge in [-0.1, -0.05) is 30.3 Å². The molecule has 3 rings (SSSR count). The second-order valence-corrected chi connectivity index (χ2v) is 6.41. The van der Waals surface area contributed by atoms with E-state index in [2.05, 4.69) is 5.32 Å². The molecule has 0 heterocycles. The SMILES string of the molecule is COc1ccc(NC(=O)Cc2cccc3c(S(=O)O)cccc23)cc1. The molecule has 1 unspecified atom stereocenters. The Balaban J connectivity index is 1.83. The summed E-state index contributed by atoms with van der Waals surface area (Å²) in [6.45, 7) is 0. The average Bonchev–Trinajstić information content (AvgIpc) is 2.62. The van der Waals surface area contributed by atoms with E-state index in [4.69, 9.17) is 4.74 Å². The van der Waals surface area contributed by atoms with Gasteiger partial charge in [0.2, 0.25) is 5.91 Å². The number of ether oxygens (including phenoxy) is 1. The van der Waals surface area contributed by atoms with Crippen molar-refractivity contribution in [3.05, 3.63) is 66.2 Å². The standard InChI is InChI=1S/C19H17NO4S/c1-24-15-10-8-14(9-11-15)20-19(21)12-13-4-2-6-17-16(13)5-3-7-18(17)25(22)23/h2-11H,12H2,1H3,(H,20,21)(H,22,23). The van der Waals surface area contributed by atoms with Crippen molar-refractivity contribution >= 4 is 33.4 Å². The van der Waals surface area contributed by atoms with Gasteiger partial charge in [0.1, 0.15) is 5.75 Å². The summed E-state index contributed by atoms with van der Waals surface area (Å²) in [5.41, 5.74) is 1.49. The first kappa shape index (κ1) is 17.1. The first-order valence-electron chi connectivity index (χ1n) is 7.64. The Bertz CT molecular complexity index is 938. The summed E-state index contributed by atoms with van der Waals surface area (Å²) in [5, 5.41) is 4.32. The highest BCUT2D eigenvalue weighted by molar-refractivity contribution is 7.79. The molecule has 0 fully saturated rings. The van der Waals surface area contributed by atoms with Crippen LogP contribution in [0.1, 0.15) is 5.56 Å². The molecular weight excluding hydrogens is 338 g/mol. The van der Waals surface area contributed by atoms with Crippen molar-refractivity contribution in [3.63, 3.8) is 0 Å². The number of methoxy groups -OCH3 is 1. The summed E-state index contributed by atoms with van der Waals surface area (Å²) < 4.78 is 26.0. The maximum atomic E-state index is 12.3. The Hall–Kier alpha value is -2.70. The highest BCUT2D eigenvalue weighted by atomic mass is 32.2. The lowest BCUT2D eigenvalue weighted by atomic mass is 10.0. The molecule has 0 aromatic heterocycles. The third-order valence-electron chi connectivity index (χ3n) is 3.89. The van der Waals surface area contributed by atoms with Crippen LogP contribution in [0.3, 0.4) is 0 Å². The number of carbonyl (C=O) groups is 1. The molecule has 0 bridgehead atoms. The van der Waals surface area contributed by atoms with Gasteiger partial charge in [-0.15, -0.1) is 0 Å². The molecule has 0 saturated heterocycles. The second-order valence-electron chi connectivity index (χ2n) is 5.47. The fraction of sp³-hybridized carbons (Fsp3) is 0.105. The molecule has 1 amide bonds. The number of fused-ring (bicyclic) bond motifs is 1. The number of benzene rings is 3. The minimum Gasteiger partial charge on any atom is -0.497 e. The molecule has 6 heteroatoms. The summed E-state index contributed by atoms with van der Waals surface area (Å²) in [6.07, 6.45) is 0.172. The molecule has 0 aliphatic carbocycles. The monoisotopic (exact) mass is 355 g/mol. The van der Waals surface area contributed by atoms with E-state index in [1.54, 1.807) is 55.6 Å². The minimum absolute atomic E-state index is 0.159. The van der Waals surface area contributed by atoms with Crippen molar-refractivity contribution in [2.24, 2.45) is 0 Å². The van der Waals surface area contributed by atoms with Crippen molar-refractivity contribution in [2.45, 2.75) is 11.3 Å². The van der Waals surface area contributed by atoms with E-state index in [1.807, 2.05) is 12.1 Å². The van der Waals surface area contributed by atoms with Gasteiger partial charge in [-0.05, 0) is 41.3 Å². The van der Waals surface area contributed by atoms with Gasteiger partial charge in [-0.3, -0.25) is 4.79 Å². The lowest BCUT2D eigenvalue weighted by Gasteiger charge is -2.10. The molecule has 0 radical (unpaired) electrons. The van der Waals surface area contributed by atoms with Gasteiger partial charge >= 0.3 is 0 Å². The van der Waals surface area contributed by atoms with E-state index in [1.165, 1.54) is 0 Å². The lowest BCUT2D eigenvalue weighted by Crippen LogP contribution is -2.14. The van der Waals surface area contributed by atoms with Crippen LogP contribution in [0.2, 0.25) is 0 Å². The quantitative estimate of drug-likeness (QED) is 0.686. The van der Waals surface area contributed by atoms with Crippen LogP contribution in [0.4, 0.5) is 5.69 Å². The van der Waals surface area contributed by atoms with Crippen LogP contribution in [-0.4, -0.2) is 21.8 Å². The number of hydrogen-bond donors (Lipinski definition) is 2. The number of amides is 1. The van der Waals surface area contributed by atoms with Gasteiger partial charge in [-0.2, -0.15) is 0 Å². The van der Waals surface area contributed by atoms with Gasteiger partial charge in [0.05, 0.1) is 18.4 Å². The van der Waals surface area contributed by atoms with Crippen LogP contribution >= 0.6 is 0 Å². The van der Waals surface area contributed by atoms with Crippen molar-refractivity contribution in [1.29, 1.82) is 0 Å². The maximum absolute atomic E-state index is 12.3. The van der Waals surface area contributed by atoms with Crippen molar-refractivity contribution in [3.8, 4) is 5.75 Å². The molecule has 25 heavy (non-hydrogen) atoms. The largest absolute Gasteiger partial charge is 0.497 e. The first-order chi connectivity index (χ1) is 12.1. The van der Waals surface area contributed by atoms with E-state index in [-0.39, 0.29) is 12.3 Å². The van der Waals surface area contributed by atoms with Crippen LogP contribution in [0.15, 0.2) is 65.6 Å². The minimum atomic E-state index is -2.07. The summed E-state index contributed by atoms with van der Waals surface area (Å²) in [6, 6.07) is 17.7. The summed E-state index contributed by atoms with van der Waals surface area (Å²) in [7, 11) is 1.59. The predicted molar refractivity (Wildman–Crippen MR) is 98.3 cm³/mol. The zero-order valence-corrected chi connectivity index (χ0v) is 14.4. The van der Waals surface area contributed by atoms with E-state index in [0.717, 1.165) is 16.7 Å². The van der Waals surface area contributed by atoms with E-state index >= 15 is 0 Å². The van der Waals surface area contributed by atoms with Crippen LogP contribution in [0.5, 0.6) is 5.75 Å². The summed E-state index contributed by atoms with van der Waals surface area (Å²) >= 11 is -2.07. The lowest BCUT2D eigenvalue weighted by molar-refractivity contribution is -0.115. The van der Waals surface area contributed by atoms with Crippen LogP contribution in [-0.2, 0) is 22.3 Å². The van der Waals surface area contributed by atoms with Crippen LogP contribution < -0.4 is 10.1 Å². The number of nitrogens with one attached hydrogen (secondary N) is 1. The van der Waals surface area contributed by atoms with Crippen LogP contribution in [0, 0.1) is 0 Å². The van der Waals surface area contributed by atoms with Gasteiger partial charge in [-0.25, -0.2) is 4.21 Å². The molecule has 2 N–H and O–H groups in total. The van der Waals surface area contributed by atoms with Crippen molar-refractivity contribution < 1.29 is 18.3 Å². The van der Waals surface area contributed by atoms with E-state index < -0.39 is 11.1 Å². The molecule has 0 spiro atoms. The van der Waals surface area contributed by atoms with Crippen LogP contribution in [0.25, 0.3) is 10.8 Å². The highest BCUT2D eigenvalue weighted by Crippen LogP contribution is 2.25. The Kier molecular flexibility index (Phi) is 5.11. The molecule has 3 aromatic carbocycles. The average molecular weight is 355 g/mol. The Labute approximate surface area is 147 Å². The zero-order chi connectivity index (χ0) is 17.8. The molecular formula is C19H17NO4S. The second kappa shape index (κ2) is 7.46. The van der Waals surface area contributed by atoms with Gasteiger partial charge in [0, 0.05) is 11.1 Å². The fourth-order valence-electron chi connectivity index (χ4n) is 2.71. The summed E-state index contributed by atoms with van der Waals surface area (Å²) in [5.74, 6) is 0.560. The third-order valence-corrected chi connectivity index (χ3v) is 4.62. The molecule has 128 valence electrons. The molecule has 0 saturated carbocycles. The maximum Gasteiger partial charge on any atom is 0.228 e. The van der Waals surface area contributed by atoms with Gasteiger partial charge in [0.25, 0.3) is 0 Å². The molecule has 0 aliphatic rings. The van der Waals surface area contributed by atoms with Crippen molar-refractivity contribution in [1.82, 2.24) is 0 Å². The molecule has 5 nitrogen and oxygen atoms in total. The Morgan fingerprint density at radius 2 is 1.72 bits per heavy atom. The third kappa shape index (κ3) is 3.87. The highest BCUT2D eigenvalue weighted by Gasteiger charge is 2.11. The predicted octanol–water partition coefficient (Wildman–Crippen LogP) is 3.61. The number of hydrogen-bond acceptors (Lipinski definition) is 3. The normalized spacial score (nSPS) is 11.9. The van der Waals surface area contributed by atoms with Gasteiger partial charge in [0.15, 0.2) is 11.1 Å². The number of carbonyl (C=O) groups excluding carboxylic acids is 1. The molecule has 1 atom stereocenters. The van der Waals surface area contributed by atoms with Gasteiger partial charge < -0.3 is 14.6 Å². The fourth-order valence-corrected chi connectivity index (χ4v) is 3.27. The van der Waals surface area contributed by atoms with E-state index in [9.17, 15) is 13.6 Å². The van der Waals surface area contributed by atoms with Crippen molar-refractivity contribution in [2.75, 3.05) is 12.4 Å². The summed E-state index contributed by atoms with van der Waals surface area (Å²) in [4.78, 5) is 12.7. The molecule has 3 aromatic rings. The number of anilines is 1. The molecule has 0 aliphatic heterocycles. The topological polar surface area (TPSA) is 75.6 Å². The Morgan fingerprint density at radius 1 is 1.04 bits per heavy atom. The zero-order valence-electron chi connectivity index (χ0n) is 13.6.